The number of hydrogen-bond acceptors (Lipinski definition) is 3. The fourth-order valence-electron chi connectivity index (χ4n) is 0.471. The molecular weight excluding hydrogens is 184 g/mol. The summed E-state index contributed by atoms with van der Waals surface area (Å²) in [6.07, 6.45) is 0. The molecule has 1 rings (SSSR count). The van der Waals surface area contributed by atoms with Crippen molar-refractivity contribution in [3.05, 3.63) is 16.3 Å². The molecule has 0 bridgehead atoms. The Morgan fingerprint density at radius 1 is 1.78 bits per heavy atom. The summed E-state index contributed by atoms with van der Waals surface area (Å²) >= 11 is 3.03. The van der Waals surface area contributed by atoms with Crippen LogP contribution < -0.4 is 0 Å². The molecule has 9 heavy (non-hydrogen) atoms. The Bertz CT molecular complexity index is 260. The van der Waals surface area contributed by atoms with Gasteiger partial charge < -0.3 is 4.42 Å². The van der Waals surface area contributed by atoms with E-state index in [1.165, 1.54) is 0 Å². The Hall–Kier alpha value is -0.820. The van der Waals surface area contributed by atoms with Crippen molar-refractivity contribution < 1.29 is 4.42 Å². The lowest BCUT2D eigenvalue weighted by Gasteiger charge is -1.72. The van der Waals surface area contributed by atoms with Crippen molar-refractivity contribution in [3.8, 4) is 6.07 Å². The van der Waals surface area contributed by atoms with Crippen LogP contribution in [0.15, 0.2) is 9.09 Å². The van der Waals surface area contributed by atoms with Crippen LogP contribution in [0.3, 0.4) is 0 Å². The van der Waals surface area contributed by atoms with E-state index in [4.69, 9.17) is 9.68 Å². The molecule has 0 atom stereocenters. The summed E-state index contributed by atoms with van der Waals surface area (Å²) in [5.74, 6) is 0.499. The Kier molecular flexibility index (Phi) is 1.54. The number of aromatic nitrogens is 1. The number of nitrogens with zero attached hydrogens (tertiary/aromatic N) is 2. The molecular formula is C5H3BrN2O. The van der Waals surface area contributed by atoms with Crippen LogP contribution in [-0.2, 0) is 0 Å². The van der Waals surface area contributed by atoms with Crippen molar-refractivity contribution in [3.63, 3.8) is 0 Å². The molecule has 0 aliphatic heterocycles. The first-order valence-corrected chi connectivity index (χ1v) is 3.06. The van der Waals surface area contributed by atoms with Crippen molar-refractivity contribution in [1.29, 1.82) is 5.26 Å². The summed E-state index contributed by atoms with van der Waals surface area (Å²) in [7, 11) is 0. The number of aryl methyl sites for hydroxylation is 1. The van der Waals surface area contributed by atoms with Crippen LogP contribution in [0.25, 0.3) is 0 Å². The maximum Gasteiger partial charge on any atom is 0.207 e. The molecule has 0 saturated carbocycles. The predicted molar refractivity (Wildman–Crippen MR) is 33.7 cm³/mol. The summed E-state index contributed by atoms with van der Waals surface area (Å²) in [6.45, 7) is 1.69. The van der Waals surface area contributed by atoms with Crippen LogP contribution in [0.5, 0.6) is 0 Å². The minimum Gasteiger partial charge on any atom is -0.433 e. The van der Waals surface area contributed by atoms with Gasteiger partial charge in [-0.25, -0.2) is 4.98 Å². The first-order chi connectivity index (χ1) is 4.24. The predicted octanol–water partition coefficient (Wildman–Crippen LogP) is 1.62. The van der Waals surface area contributed by atoms with Gasteiger partial charge in [0.15, 0.2) is 11.6 Å². The zero-order chi connectivity index (χ0) is 6.85. The molecule has 0 saturated heterocycles. The number of halogens is 1. The molecule has 1 aromatic heterocycles. The quantitative estimate of drug-likeness (QED) is 0.619. The van der Waals surface area contributed by atoms with Crippen molar-refractivity contribution in [2.24, 2.45) is 0 Å². The van der Waals surface area contributed by atoms with Gasteiger partial charge in [0.1, 0.15) is 6.07 Å². The molecule has 0 unspecified atom stereocenters. The van der Waals surface area contributed by atoms with Gasteiger partial charge in [-0.15, -0.1) is 0 Å². The van der Waals surface area contributed by atoms with E-state index >= 15 is 0 Å². The van der Waals surface area contributed by atoms with Gasteiger partial charge in [-0.05, 0) is 15.9 Å². The van der Waals surface area contributed by atoms with Crippen molar-refractivity contribution >= 4 is 15.9 Å². The van der Waals surface area contributed by atoms with Gasteiger partial charge in [0, 0.05) is 6.92 Å². The average Bonchev–Trinajstić information content (AvgIpc) is 2.10. The van der Waals surface area contributed by atoms with E-state index in [-0.39, 0.29) is 0 Å². The fraction of sp³-hybridized carbons (Fsp3) is 0.200. The standard InChI is InChI=1S/C5H3BrN2O/c1-3-8-4(2-7)5(6)9-3/h1H3. The lowest BCUT2D eigenvalue weighted by Crippen LogP contribution is -1.72. The zero-order valence-electron chi connectivity index (χ0n) is 4.68. The second-order valence-electron chi connectivity index (χ2n) is 1.47. The fourth-order valence-corrected chi connectivity index (χ4v) is 0.883. The third kappa shape index (κ3) is 1.11. The van der Waals surface area contributed by atoms with Crippen LogP contribution >= 0.6 is 15.9 Å². The molecule has 3 nitrogen and oxygen atoms in total. The number of rotatable bonds is 0. The second kappa shape index (κ2) is 2.19. The van der Waals surface area contributed by atoms with Crippen LogP contribution in [0, 0.1) is 18.3 Å². The van der Waals surface area contributed by atoms with E-state index in [0.29, 0.717) is 16.3 Å². The van der Waals surface area contributed by atoms with E-state index in [1.807, 2.05) is 6.07 Å². The minimum absolute atomic E-state index is 0.299. The third-order valence-electron chi connectivity index (χ3n) is 0.799. The van der Waals surface area contributed by atoms with Gasteiger partial charge in [0.05, 0.1) is 0 Å². The summed E-state index contributed by atoms with van der Waals surface area (Å²) in [5.41, 5.74) is 0.299. The lowest BCUT2D eigenvalue weighted by atomic mass is 10.6. The molecule has 46 valence electrons. The minimum atomic E-state index is 0.299. The molecule has 0 spiro atoms. The molecule has 0 radical (unpaired) electrons. The van der Waals surface area contributed by atoms with Crippen LogP contribution in [-0.4, -0.2) is 4.98 Å². The highest BCUT2D eigenvalue weighted by atomic mass is 79.9. The maximum absolute atomic E-state index is 8.33. The molecule has 0 fully saturated rings. The molecule has 0 aromatic carbocycles. The summed E-state index contributed by atoms with van der Waals surface area (Å²) in [6, 6.07) is 1.86. The molecule has 0 aliphatic carbocycles. The number of hydrogen-bond donors (Lipinski definition) is 0. The maximum atomic E-state index is 8.33. The third-order valence-corrected chi connectivity index (χ3v) is 1.34. The van der Waals surface area contributed by atoms with Gasteiger partial charge in [-0.2, -0.15) is 5.26 Å². The normalized spacial score (nSPS) is 9.00. The number of oxazole rings is 1. The highest BCUT2D eigenvalue weighted by Crippen LogP contribution is 2.15. The number of nitriles is 1. The van der Waals surface area contributed by atoms with Gasteiger partial charge in [0.2, 0.25) is 4.67 Å². The van der Waals surface area contributed by atoms with E-state index in [2.05, 4.69) is 20.9 Å². The summed E-state index contributed by atoms with van der Waals surface area (Å²) in [4.78, 5) is 3.75. The highest BCUT2D eigenvalue weighted by Gasteiger charge is 2.04. The Morgan fingerprint density at radius 3 is 2.67 bits per heavy atom. The van der Waals surface area contributed by atoms with Crippen molar-refractivity contribution in [1.82, 2.24) is 4.98 Å². The first-order valence-electron chi connectivity index (χ1n) is 2.27. The molecule has 0 amide bonds. The lowest BCUT2D eigenvalue weighted by molar-refractivity contribution is 0.499. The van der Waals surface area contributed by atoms with E-state index in [1.54, 1.807) is 6.92 Å². The summed E-state index contributed by atoms with van der Waals surface area (Å²) in [5, 5.41) is 8.33. The van der Waals surface area contributed by atoms with Crippen LogP contribution in [0.1, 0.15) is 11.6 Å². The van der Waals surface area contributed by atoms with Crippen LogP contribution in [0.4, 0.5) is 0 Å². The molecule has 1 heterocycles. The first kappa shape index (κ1) is 6.30. The topological polar surface area (TPSA) is 49.8 Å². The smallest absolute Gasteiger partial charge is 0.207 e. The zero-order valence-corrected chi connectivity index (χ0v) is 6.27. The van der Waals surface area contributed by atoms with Gasteiger partial charge in [0.25, 0.3) is 0 Å². The van der Waals surface area contributed by atoms with Gasteiger partial charge in [-0.1, -0.05) is 0 Å². The molecule has 1 aromatic rings. The Morgan fingerprint density at radius 2 is 2.44 bits per heavy atom. The molecule has 0 aliphatic rings. The van der Waals surface area contributed by atoms with E-state index in [0.717, 1.165) is 0 Å². The SMILES string of the molecule is Cc1nc(C#N)c(Br)o1. The van der Waals surface area contributed by atoms with Gasteiger partial charge in [-0.3, -0.25) is 0 Å². The Balaban J connectivity index is 3.20. The van der Waals surface area contributed by atoms with Crippen molar-refractivity contribution in [2.45, 2.75) is 6.92 Å². The monoisotopic (exact) mass is 186 g/mol. The van der Waals surface area contributed by atoms with E-state index < -0.39 is 0 Å². The highest BCUT2D eigenvalue weighted by molar-refractivity contribution is 9.10. The van der Waals surface area contributed by atoms with Crippen LogP contribution in [0.2, 0.25) is 0 Å². The average molecular weight is 187 g/mol. The molecule has 0 N–H and O–H groups in total. The van der Waals surface area contributed by atoms with E-state index in [9.17, 15) is 0 Å². The summed E-state index contributed by atoms with van der Waals surface area (Å²) < 4.78 is 5.29. The largest absolute Gasteiger partial charge is 0.433 e. The second-order valence-corrected chi connectivity index (χ2v) is 2.19. The Labute approximate surface area is 60.4 Å². The van der Waals surface area contributed by atoms with Gasteiger partial charge >= 0.3 is 0 Å². The molecule has 4 heteroatoms. The van der Waals surface area contributed by atoms with Crippen molar-refractivity contribution in [2.75, 3.05) is 0 Å².